The molecule has 6 heteroatoms. The Hall–Kier alpha value is -0.430. The number of nitrogens with zero attached hydrogens (tertiary/aromatic N) is 2. The summed E-state index contributed by atoms with van der Waals surface area (Å²) in [6.07, 6.45) is 6.14. The molecule has 0 aromatic carbocycles. The van der Waals surface area contributed by atoms with Gasteiger partial charge >= 0.3 is 0 Å². The molecule has 0 spiro atoms. The van der Waals surface area contributed by atoms with Gasteiger partial charge in [0.25, 0.3) is 10.0 Å². The average molecular weight is 329 g/mol. The predicted molar refractivity (Wildman–Crippen MR) is 86.3 cm³/mol. The van der Waals surface area contributed by atoms with Crippen LogP contribution < -0.4 is 0 Å². The zero-order valence-electron chi connectivity index (χ0n) is 12.6. The summed E-state index contributed by atoms with van der Waals surface area (Å²) in [5.74, 6) is 0. The molecule has 2 fully saturated rings. The van der Waals surface area contributed by atoms with Gasteiger partial charge in [-0.3, -0.25) is 4.90 Å². The Labute approximate surface area is 131 Å². The molecule has 0 bridgehead atoms. The third kappa shape index (κ3) is 3.18. The Balaban J connectivity index is 1.65. The van der Waals surface area contributed by atoms with Crippen LogP contribution in [-0.2, 0) is 16.4 Å². The maximum atomic E-state index is 12.7. The lowest BCUT2D eigenvalue weighted by atomic mass is 10.2. The molecule has 21 heavy (non-hydrogen) atoms. The molecule has 0 atom stereocenters. The molecule has 118 valence electrons. The summed E-state index contributed by atoms with van der Waals surface area (Å²) in [6.45, 7) is 5.10. The van der Waals surface area contributed by atoms with Crippen molar-refractivity contribution >= 4 is 21.4 Å². The molecule has 1 aromatic heterocycles. The van der Waals surface area contributed by atoms with Crippen LogP contribution in [0.1, 0.15) is 37.5 Å². The van der Waals surface area contributed by atoms with Crippen molar-refractivity contribution in [2.75, 3.05) is 26.2 Å². The van der Waals surface area contributed by atoms with Gasteiger partial charge in [0.1, 0.15) is 4.21 Å². The van der Waals surface area contributed by atoms with Gasteiger partial charge in [0, 0.05) is 37.1 Å². The number of thiophene rings is 1. The van der Waals surface area contributed by atoms with Crippen molar-refractivity contribution in [2.24, 2.45) is 0 Å². The second-order valence-electron chi connectivity index (χ2n) is 5.95. The Bertz CT molecular complexity index is 568. The van der Waals surface area contributed by atoms with E-state index in [1.807, 2.05) is 6.07 Å². The normalized spacial score (nSPS) is 22.9. The minimum atomic E-state index is -3.27. The summed E-state index contributed by atoms with van der Waals surface area (Å²) in [7, 11) is -3.27. The molecular weight excluding hydrogens is 304 g/mol. The minimum Gasteiger partial charge on any atom is -0.298 e. The van der Waals surface area contributed by atoms with E-state index in [0.29, 0.717) is 23.3 Å². The zero-order valence-corrected chi connectivity index (χ0v) is 14.3. The molecule has 2 heterocycles. The van der Waals surface area contributed by atoms with Crippen molar-refractivity contribution in [2.45, 2.75) is 49.3 Å². The Morgan fingerprint density at radius 2 is 1.81 bits per heavy atom. The van der Waals surface area contributed by atoms with Crippen molar-refractivity contribution < 1.29 is 8.42 Å². The van der Waals surface area contributed by atoms with Crippen LogP contribution in [-0.4, -0.2) is 49.8 Å². The summed E-state index contributed by atoms with van der Waals surface area (Å²) < 4.78 is 27.5. The molecule has 0 amide bonds. The van der Waals surface area contributed by atoms with Gasteiger partial charge in [0.15, 0.2) is 0 Å². The monoisotopic (exact) mass is 328 g/mol. The summed E-state index contributed by atoms with van der Waals surface area (Å²) in [5, 5.41) is 0. The Morgan fingerprint density at radius 3 is 2.38 bits per heavy atom. The van der Waals surface area contributed by atoms with E-state index < -0.39 is 10.0 Å². The lowest BCUT2D eigenvalue weighted by Crippen LogP contribution is -2.51. The molecule has 0 N–H and O–H groups in total. The van der Waals surface area contributed by atoms with E-state index >= 15 is 0 Å². The van der Waals surface area contributed by atoms with Gasteiger partial charge in [-0.2, -0.15) is 4.31 Å². The van der Waals surface area contributed by atoms with E-state index in [1.165, 1.54) is 37.0 Å². The van der Waals surface area contributed by atoms with Crippen molar-refractivity contribution in [1.82, 2.24) is 9.21 Å². The fourth-order valence-electron chi connectivity index (χ4n) is 3.39. The molecule has 1 aliphatic heterocycles. The van der Waals surface area contributed by atoms with E-state index in [0.717, 1.165) is 24.4 Å². The number of hydrogen-bond acceptors (Lipinski definition) is 4. The molecule has 1 saturated carbocycles. The second kappa shape index (κ2) is 6.36. The van der Waals surface area contributed by atoms with Crippen LogP contribution >= 0.6 is 11.3 Å². The highest BCUT2D eigenvalue weighted by Crippen LogP contribution is 2.28. The average Bonchev–Trinajstić information content (AvgIpc) is 3.19. The number of rotatable bonds is 4. The van der Waals surface area contributed by atoms with Crippen LogP contribution in [0.25, 0.3) is 0 Å². The lowest BCUT2D eigenvalue weighted by molar-refractivity contribution is 0.139. The fourth-order valence-corrected chi connectivity index (χ4v) is 6.26. The lowest BCUT2D eigenvalue weighted by Gasteiger charge is -2.37. The van der Waals surface area contributed by atoms with Gasteiger partial charge in [-0.25, -0.2) is 8.42 Å². The predicted octanol–water partition coefficient (Wildman–Crippen LogP) is 2.56. The largest absolute Gasteiger partial charge is 0.298 e. The molecular formula is C15H24N2O2S2. The third-order valence-electron chi connectivity index (χ3n) is 4.69. The number of aryl methyl sites for hydroxylation is 1. The maximum Gasteiger partial charge on any atom is 0.252 e. The van der Waals surface area contributed by atoms with Gasteiger partial charge in [-0.05, 0) is 31.4 Å². The topological polar surface area (TPSA) is 40.6 Å². The first-order valence-electron chi connectivity index (χ1n) is 7.94. The Morgan fingerprint density at radius 1 is 1.14 bits per heavy atom. The van der Waals surface area contributed by atoms with E-state index in [2.05, 4.69) is 11.8 Å². The quantitative estimate of drug-likeness (QED) is 0.853. The van der Waals surface area contributed by atoms with Crippen LogP contribution in [0.15, 0.2) is 16.3 Å². The van der Waals surface area contributed by atoms with Crippen LogP contribution in [0, 0.1) is 0 Å². The molecule has 2 aliphatic rings. The highest BCUT2D eigenvalue weighted by Gasteiger charge is 2.32. The van der Waals surface area contributed by atoms with Crippen molar-refractivity contribution in [3.63, 3.8) is 0 Å². The molecule has 0 unspecified atom stereocenters. The van der Waals surface area contributed by atoms with Crippen LogP contribution in [0.4, 0.5) is 0 Å². The van der Waals surface area contributed by atoms with Crippen molar-refractivity contribution in [3.05, 3.63) is 17.0 Å². The van der Waals surface area contributed by atoms with Crippen molar-refractivity contribution in [3.8, 4) is 0 Å². The van der Waals surface area contributed by atoms with E-state index in [-0.39, 0.29) is 0 Å². The second-order valence-corrected chi connectivity index (χ2v) is 9.29. The first-order valence-corrected chi connectivity index (χ1v) is 10.2. The standard InChI is InChI=1S/C15H24N2O2S2/c1-2-14-7-8-15(20-14)21(18,19)17-11-9-16(10-12-17)13-5-3-4-6-13/h7-8,13H,2-6,9-12H2,1H3. The number of sulfonamides is 1. The fraction of sp³-hybridized carbons (Fsp3) is 0.733. The summed E-state index contributed by atoms with van der Waals surface area (Å²) in [4.78, 5) is 3.63. The highest BCUT2D eigenvalue weighted by molar-refractivity contribution is 7.91. The first-order chi connectivity index (χ1) is 10.1. The smallest absolute Gasteiger partial charge is 0.252 e. The number of hydrogen-bond donors (Lipinski definition) is 0. The minimum absolute atomic E-state index is 0.508. The zero-order chi connectivity index (χ0) is 14.9. The summed E-state index contributed by atoms with van der Waals surface area (Å²) >= 11 is 1.42. The molecule has 3 rings (SSSR count). The number of piperazine rings is 1. The van der Waals surface area contributed by atoms with Gasteiger partial charge in [-0.15, -0.1) is 11.3 Å². The van der Waals surface area contributed by atoms with Gasteiger partial charge in [0.05, 0.1) is 0 Å². The van der Waals surface area contributed by atoms with E-state index in [9.17, 15) is 8.42 Å². The summed E-state index contributed by atoms with van der Waals surface area (Å²) in [6, 6.07) is 4.40. The van der Waals surface area contributed by atoms with Gasteiger partial charge < -0.3 is 0 Å². The molecule has 4 nitrogen and oxygen atoms in total. The van der Waals surface area contributed by atoms with Gasteiger partial charge in [-0.1, -0.05) is 19.8 Å². The van der Waals surface area contributed by atoms with E-state index in [1.54, 1.807) is 10.4 Å². The molecule has 1 aliphatic carbocycles. The van der Waals surface area contributed by atoms with Gasteiger partial charge in [0.2, 0.25) is 0 Å². The maximum absolute atomic E-state index is 12.7. The molecule has 1 saturated heterocycles. The molecule has 0 radical (unpaired) electrons. The van der Waals surface area contributed by atoms with Crippen LogP contribution in [0.3, 0.4) is 0 Å². The van der Waals surface area contributed by atoms with Crippen LogP contribution in [0.5, 0.6) is 0 Å². The SMILES string of the molecule is CCc1ccc(S(=O)(=O)N2CCN(C3CCCC3)CC2)s1. The van der Waals surface area contributed by atoms with E-state index in [4.69, 9.17) is 0 Å². The third-order valence-corrected chi connectivity index (χ3v) is 8.29. The Kier molecular flexibility index (Phi) is 4.69. The highest BCUT2D eigenvalue weighted by atomic mass is 32.2. The molecule has 1 aromatic rings. The van der Waals surface area contributed by atoms with Crippen molar-refractivity contribution in [1.29, 1.82) is 0 Å². The summed E-state index contributed by atoms with van der Waals surface area (Å²) in [5.41, 5.74) is 0. The first kappa shape index (κ1) is 15.5. The van der Waals surface area contributed by atoms with Crippen LogP contribution in [0.2, 0.25) is 0 Å².